The van der Waals surface area contributed by atoms with Crippen LogP contribution < -0.4 is 4.90 Å². The normalized spacial score (nSPS) is 18.8. The van der Waals surface area contributed by atoms with Crippen LogP contribution in [0.2, 0.25) is 5.02 Å². The maximum atomic E-state index is 13.0. The minimum Gasteiger partial charge on any atom is -0.452 e. The summed E-state index contributed by atoms with van der Waals surface area (Å²) in [5, 5.41) is 11.6. The van der Waals surface area contributed by atoms with Gasteiger partial charge in [0.25, 0.3) is 5.91 Å². The molecule has 8 heteroatoms. The number of amides is 1. The van der Waals surface area contributed by atoms with Crippen molar-refractivity contribution < 1.29 is 19.2 Å². The van der Waals surface area contributed by atoms with Crippen LogP contribution in [-0.4, -0.2) is 36.0 Å². The third-order valence-corrected chi connectivity index (χ3v) is 5.46. The smallest absolute Gasteiger partial charge is 0.307 e. The van der Waals surface area contributed by atoms with Gasteiger partial charge in [0.05, 0.1) is 12.3 Å². The van der Waals surface area contributed by atoms with Crippen LogP contribution in [0.3, 0.4) is 0 Å². The van der Waals surface area contributed by atoms with Gasteiger partial charge in [0.15, 0.2) is 6.10 Å². The summed E-state index contributed by atoms with van der Waals surface area (Å²) in [5.41, 5.74) is 0.763. The van der Waals surface area contributed by atoms with Crippen molar-refractivity contribution in [3.8, 4) is 0 Å². The Morgan fingerprint density at radius 1 is 1.23 bits per heavy atom. The van der Waals surface area contributed by atoms with Crippen molar-refractivity contribution >= 4 is 29.2 Å². The number of para-hydroxylation sites is 1. The Morgan fingerprint density at radius 3 is 2.47 bits per heavy atom. The highest BCUT2D eigenvalue weighted by Crippen LogP contribution is 2.36. The highest BCUT2D eigenvalue weighted by Gasteiger charge is 2.49. The van der Waals surface area contributed by atoms with Gasteiger partial charge in [-0.05, 0) is 29.8 Å². The molecule has 2 aromatic rings. The van der Waals surface area contributed by atoms with Gasteiger partial charge in [0.1, 0.15) is 0 Å². The zero-order valence-corrected chi connectivity index (χ0v) is 17.5. The summed E-state index contributed by atoms with van der Waals surface area (Å²) in [4.78, 5) is 37.9. The maximum absolute atomic E-state index is 13.0. The average Bonchev–Trinajstić information content (AvgIpc) is 2.92. The van der Waals surface area contributed by atoms with Crippen LogP contribution in [0, 0.1) is 15.5 Å². The summed E-state index contributed by atoms with van der Waals surface area (Å²) < 4.78 is 5.57. The summed E-state index contributed by atoms with van der Waals surface area (Å²) in [6, 6.07) is 15.7. The second-order valence-corrected chi connectivity index (χ2v) is 8.52. The SMILES string of the molecule is CC1(C)CN(c2ccccc2)C(=O)[C@@H]1OC(=O)C[C@H](C[N+](=O)[O-])c1ccc(Cl)cc1. The van der Waals surface area contributed by atoms with Gasteiger partial charge < -0.3 is 9.64 Å². The van der Waals surface area contributed by atoms with Crippen LogP contribution in [0.5, 0.6) is 0 Å². The summed E-state index contributed by atoms with van der Waals surface area (Å²) in [6.07, 6.45) is -1.15. The molecule has 1 aliphatic rings. The molecule has 2 atom stereocenters. The van der Waals surface area contributed by atoms with Crippen molar-refractivity contribution in [2.75, 3.05) is 18.0 Å². The van der Waals surface area contributed by atoms with E-state index in [9.17, 15) is 19.7 Å². The molecule has 0 unspecified atom stereocenters. The van der Waals surface area contributed by atoms with Crippen LogP contribution >= 0.6 is 11.6 Å². The topological polar surface area (TPSA) is 89.8 Å². The highest BCUT2D eigenvalue weighted by atomic mass is 35.5. The molecule has 0 bridgehead atoms. The van der Waals surface area contributed by atoms with E-state index < -0.39 is 34.9 Å². The lowest BCUT2D eigenvalue weighted by Gasteiger charge is -2.24. The van der Waals surface area contributed by atoms with Crippen LogP contribution in [0.4, 0.5) is 5.69 Å². The molecule has 0 spiro atoms. The molecule has 0 saturated carbocycles. The molecule has 7 nitrogen and oxygen atoms in total. The minimum absolute atomic E-state index is 0.201. The largest absolute Gasteiger partial charge is 0.452 e. The standard InChI is InChI=1S/C22H23ClN2O5/c1-22(2)14-24(18-6-4-3-5-7-18)21(27)20(22)30-19(26)12-16(13-25(28)29)15-8-10-17(23)11-9-15/h3-11,16,20H,12-14H2,1-2H3/t16-,20+/m1/s1. The molecule has 0 radical (unpaired) electrons. The van der Waals surface area contributed by atoms with Crippen LogP contribution in [0.25, 0.3) is 0 Å². The molecule has 0 aliphatic carbocycles. The van der Waals surface area contributed by atoms with Crippen LogP contribution in [0.15, 0.2) is 54.6 Å². The van der Waals surface area contributed by atoms with Gasteiger partial charge in [-0.2, -0.15) is 0 Å². The Morgan fingerprint density at radius 2 is 1.87 bits per heavy atom. The lowest BCUT2D eigenvalue weighted by atomic mass is 9.89. The predicted molar refractivity (Wildman–Crippen MR) is 113 cm³/mol. The number of hydrogen-bond donors (Lipinski definition) is 0. The Balaban J connectivity index is 1.73. The monoisotopic (exact) mass is 430 g/mol. The number of carbonyl (C=O) groups is 2. The van der Waals surface area contributed by atoms with Gasteiger partial charge in [-0.15, -0.1) is 0 Å². The van der Waals surface area contributed by atoms with Crippen molar-refractivity contribution in [1.29, 1.82) is 0 Å². The van der Waals surface area contributed by atoms with E-state index in [1.165, 1.54) is 0 Å². The van der Waals surface area contributed by atoms with E-state index in [1.807, 2.05) is 44.2 Å². The number of carbonyl (C=O) groups excluding carboxylic acids is 2. The van der Waals surface area contributed by atoms with Crippen molar-refractivity contribution in [3.63, 3.8) is 0 Å². The fourth-order valence-corrected chi connectivity index (χ4v) is 3.79. The van der Waals surface area contributed by atoms with Crippen LogP contribution in [0.1, 0.15) is 31.7 Å². The van der Waals surface area contributed by atoms with E-state index in [2.05, 4.69) is 0 Å². The number of nitrogens with zero attached hydrogens (tertiary/aromatic N) is 2. The van der Waals surface area contributed by atoms with E-state index in [-0.39, 0.29) is 12.3 Å². The quantitative estimate of drug-likeness (QED) is 0.375. The van der Waals surface area contributed by atoms with Crippen LogP contribution in [-0.2, 0) is 14.3 Å². The number of esters is 1. The van der Waals surface area contributed by atoms with Gasteiger partial charge >= 0.3 is 5.97 Å². The second kappa shape index (κ2) is 8.83. The molecule has 2 aromatic carbocycles. The summed E-state index contributed by atoms with van der Waals surface area (Å²) >= 11 is 5.89. The molecule has 1 amide bonds. The van der Waals surface area contributed by atoms with Crippen molar-refractivity contribution in [1.82, 2.24) is 0 Å². The van der Waals surface area contributed by atoms with Crippen molar-refractivity contribution in [2.45, 2.75) is 32.3 Å². The minimum atomic E-state index is -0.952. The van der Waals surface area contributed by atoms with E-state index in [4.69, 9.17) is 16.3 Å². The zero-order chi connectivity index (χ0) is 21.9. The first kappa shape index (κ1) is 21.8. The average molecular weight is 431 g/mol. The molecular weight excluding hydrogens is 408 g/mol. The van der Waals surface area contributed by atoms with Gasteiger partial charge in [-0.3, -0.25) is 19.7 Å². The lowest BCUT2D eigenvalue weighted by molar-refractivity contribution is -0.483. The summed E-state index contributed by atoms with van der Waals surface area (Å²) in [6.45, 7) is 3.71. The van der Waals surface area contributed by atoms with E-state index >= 15 is 0 Å². The summed E-state index contributed by atoms with van der Waals surface area (Å²) in [7, 11) is 0. The third-order valence-electron chi connectivity index (χ3n) is 5.21. The summed E-state index contributed by atoms with van der Waals surface area (Å²) in [5.74, 6) is -1.61. The number of anilines is 1. The van der Waals surface area contributed by atoms with Crippen molar-refractivity contribution in [3.05, 3.63) is 75.3 Å². The zero-order valence-electron chi connectivity index (χ0n) is 16.8. The molecule has 0 N–H and O–H groups in total. The Hall–Kier alpha value is -2.93. The molecule has 1 aliphatic heterocycles. The molecule has 3 rings (SSSR count). The highest BCUT2D eigenvalue weighted by molar-refractivity contribution is 6.30. The molecule has 1 fully saturated rings. The Labute approximate surface area is 179 Å². The third kappa shape index (κ3) is 4.97. The van der Waals surface area contributed by atoms with E-state index in [0.717, 1.165) is 5.69 Å². The predicted octanol–water partition coefficient (Wildman–Crippen LogP) is 4.08. The van der Waals surface area contributed by atoms with Gasteiger partial charge in [-0.1, -0.05) is 55.8 Å². The van der Waals surface area contributed by atoms with Crippen molar-refractivity contribution in [2.24, 2.45) is 5.41 Å². The maximum Gasteiger partial charge on any atom is 0.307 e. The van der Waals surface area contributed by atoms with Gasteiger partial charge in [0.2, 0.25) is 6.54 Å². The lowest BCUT2D eigenvalue weighted by Crippen LogP contribution is -2.36. The first-order valence-electron chi connectivity index (χ1n) is 9.60. The number of nitro groups is 1. The number of halogens is 1. The fourth-order valence-electron chi connectivity index (χ4n) is 3.66. The first-order valence-corrected chi connectivity index (χ1v) is 9.98. The van der Waals surface area contributed by atoms with E-state index in [0.29, 0.717) is 17.1 Å². The second-order valence-electron chi connectivity index (χ2n) is 8.09. The van der Waals surface area contributed by atoms with Gasteiger partial charge in [-0.25, -0.2) is 0 Å². The fraction of sp³-hybridized carbons (Fsp3) is 0.364. The Bertz CT molecular complexity index is 930. The first-order chi connectivity index (χ1) is 14.2. The number of ether oxygens (including phenoxy) is 1. The molecule has 1 saturated heterocycles. The number of rotatable bonds is 7. The molecule has 1 heterocycles. The molecule has 0 aromatic heterocycles. The molecular formula is C22H23ClN2O5. The van der Waals surface area contributed by atoms with Gasteiger partial charge in [0, 0.05) is 27.6 Å². The van der Waals surface area contributed by atoms with E-state index in [1.54, 1.807) is 29.2 Å². The number of benzene rings is 2. The number of hydrogen-bond acceptors (Lipinski definition) is 5. The Kier molecular flexibility index (Phi) is 6.41. The molecule has 30 heavy (non-hydrogen) atoms. The molecule has 158 valence electrons.